The number of nitriles is 1. The second-order valence-corrected chi connectivity index (χ2v) is 9.02. The van der Waals surface area contributed by atoms with E-state index in [0.29, 0.717) is 5.56 Å². The van der Waals surface area contributed by atoms with Gasteiger partial charge in [0, 0.05) is 11.8 Å². The summed E-state index contributed by atoms with van der Waals surface area (Å²) >= 11 is 0. The first-order valence-corrected chi connectivity index (χ1v) is 8.11. The van der Waals surface area contributed by atoms with Gasteiger partial charge in [0.1, 0.15) is 20.0 Å². The van der Waals surface area contributed by atoms with Crippen LogP contribution in [0.4, 0.5) is 5.82 Å². The molecule has 0 aromatic carbocycles. The van der Waals surface area contributed by atoms with E-state index in [4.69, 9.17) is 11.0 Å². The summed E-state index contributed by atoms with van der Waals surface area (Å²) in [7, 11) is -1.38. The van der Waals surface area contributed by atoms with Crippen LogP contribution in [0.5, 0.6) is 0 Å². The van der Waals surface area contributed by atoms with E-state index in [0.717, 1.165) is 5.56 Å². The van der Waals surface area contributed by atoms with Gasteiger partial charge in [-0.15, -0.1) is 5.54 Å². The minimum absolute atomic E-state index is 0.260. The number of hydrogen-bond donors (Lipinski definition) is 1. The molecule has 4 heteroatoms. The molecule has 0 unspecified atom stereocenters. The van der Waals surface area contributed by atoms with Crippen LogP contribution in [0.1, 0.15) is 11.1 Å². The topological polar surface area (TPSA) is 62.7 Å². The number of nitrogen functional groups attached to an aromatic ring is 1. The van der Waals surface area contributed by atoms with Crippen molar-refractivity contribution >= 4 is 13.9 Å². The van der Waals surface area contributed by atoms with Crippen molar-refractivity contribution < 1.29 is 0 Å². The van der Waals surface area contributed by atoms with Gasteiger partial charge in [-0.25, -0.2) is 4.98 Å². The highest BCUT2D eigenvalue weighted by Crippen LogP contribution is 2.08. The molecular formula is C11H13N3Si. The van der Waals surface area contributed by atoms with Crippen molar-refractivity contribution in [3.63, 3.8) is 0 Å². The van der Waals surface area contributed by atoms with Crippen molar-refractivity contribution in [1.82, 2.24) is 4.98 Å². The Morgan fingerprint density at radius 1 is 1.40 bits per heavy atom. The predicted molar refractivity (Wildman–Crippen MR) is 63.6 cm³/mol. The molecule has 1 aromatic heterocycles. The van der Waals surface area contributed by atoms with E-state index in [1.807, 2.05) is 6.07 Å². The minimum Gasteiger partial charge on any atom is -0.383 e. The van der Waals surface area contributed by atoms with Gasteiger partial charge < -0.3 is 5.73 Å². The fourth-order valence-corrected chi connectivity index (χ4v) is 1.41. The maximum Gasteiger partial charge on any atom is 0.141 e. The maximum absolute atomic E-state index is 8.76. The molecule has 15 heavy (non-hydrogen) atoms. The second-order valence-electron chi connectivity index (χ2n) is 4.27. The largest absolute Gasteiger partial charge is 0.383 e. The van der Waals surface area contributed by atoms with Gasteiger partial charge in [-0.1, -0.05) is 25.6 Å². The Labute approximate surface area is 91.0 Å². The molecule has 0 fully saturated rings. The van der Waals surface area contributed by atoms with Crippen LogP contribution in [-0.4, -0.2) is 13.1 Å². The van der Waals surface area contributed by atoms with Crippen LogP contribution in [0, 0.1) is 22.8 Å². The molecule has 0 aliphatic heterocycles. The molecule has 0 saturated heterocycles. The van der Waals surface area contributed by atoms with E-state index >= 15 is 0 Å². The van der Waals surface area contributed by atoms with E-state index < -0.39 is 8.07 Å². The van der Waals surface area contributed by atoms with Crippen molar-refractivity contribution in [3.8, 4) is 17.5 Å². The molecule has 2 N–H and O–H groups in total. The third-order valence-corrected chi connectivity index (χ3v) is 2.50. The Kier molecular flexibility index (Phi) is 3.13. The smallest absolute Gasteiger partial charge is 0.141 e. The Bertz CT molecular complexity index is 469. The molecule has 0 radical (unpaired) electrons. The third-order valence-electron chi connectivity index (χ3n) is 1.62. The van der Waals surface area contributed by atoms with Gasteiger partial charge in [-0.2, -0.15) is 5.26 Å². The van der Waals surface area contributed by atoms with Crippen molar-refractivity contribution in [1.29, 1.82) is 5.26 Å². The Hall–Kier alpha value is -1.78. The molecule has 0 bridgehead atoms. The zero-order chi connectivity index (χ0) is 11.5. The molecule has 0 aliphatic rings. The number of nitrogens with two attached hydrogens (primary N) is 1. The number of rotatable bonds is 0. The summed E-state index contributed by atoms with van der Waals surface area (Å²) in [6, 6.07) is 3.66. The van der Waals surface area contributed by atoms with Crippen LogP contribution in [0.15, 0.2) is 12.3 Å². The summed E-state index contributed by atoms with van der Waals surface area (Å²) in [5.74, 6) is 3.29. The number of nitrogens with zero attached hydrogens (tertiary/aromatic N) is 2. The molecule has 0 saturated carbocycles. The summed E-state index contributed by atoms with van der Waals surface area (Å²) in [6.07, 6.45) is 1.60. The lowest BCUT2D eigenvalue weighted by Crippen LogP contribution is -2.16. The van der Waals surface area contributed by atoms with Gasteiger partial charge >= 0.3 is 0 Å². The van der Waals surface area contributed by atoms with Crippen LogP contribution in [0.25, 0.3) is 0 Å². The summed E-state index contributed by atoms with van der Waals surface area (Å²) in [5.41, 5.74) is 9.86. The van der Waals surface area contributed by atoms with E-state index in [1.165, 1.54) is 0 Å². The first kappa shape index (κ1) is 11.3. The molecule has 1 aromatic rings. The van der Waals surface area contributed by atoms with Gasteiger partial charge in [0.2, 0.25) is 0 Å². The lowest BCUT2D eigenvalue weighted by atomic mass is 10.2. The second kappa shape index (κ2) is 4.16. The summed E-state index contributed by atoms with van der Waals surface area (Å²) in [4.78, 5) is 3.92. The maximum atomic E-state index is 8.76. The summed E-state index contributed by atoms with van der Waals surface area (Å²) in [5, 5.41) is 8.76. The van der Waals surface area contributed by atoms with E-state index in [-0.39, 0.29) is 5.82 Å². The van der Waals surface area contributed by atoms with Crippen LogP contribution in [0.2, 0.25) is 19.6 Å². The quantitative estimate of drug-likeness (QED) is 0.530. The number of anilines is 1. The highest BCUT2D eigenvalue weighted by atomic mass is 28.3. The monoisotopic (exact) mass is 215 g/mol. The average Bonchev–Trinajstić information content (AvgIpc) is 2.15. The SMILES string of the molecule is C[Si](C)(C)C#Cc1cnc(N)c(C#N)c1. The highest BCUT2D eigenvalue weighted by Gasteiger charge is 2.07. The van der Waals surface area contributed by atoms with Gasteiger partial charge in [0.15, 0.2) is 0 Å². The lowest BCUT2D eigenvalue weighted by molar-refractivity contribution is 1.30. The summed E-state index contributed by atoms with van der Waals surface area (Å²) < 4.78 is 0. The molecule has 0 spiro atoms. The molecule has 3 nitrogen and oxygen atoms in total. The standard InChI is InChI=1S/C11H13N3Si/c1-15(2,3)5-4-9-6-10(7-12)11(13)14-8-9/h6,8H,1-3H3,(H2,13,14). The van der Waals surface area contributed by atoms with Gasteiger partial charge in [0.25, 0.3) is 0 Å². The summed E-state index contributed by atoms with van der Waals surface area (Å²) in [6.45, 7) is 6.49. The molecule has 0 amide bonds. The molecular weight excluding hydrogens is 202 g/mol. The van der Waals surface area contributed by atoms with E-state index in [1.54, 1.807) is 12.3 Å². The van der Waals surface area contributed by atoms with Gasteiger partial charge in [-0.05, 0) is 6.07 Å². The van der Waals surface area contributed by atoms with Gasteiger partial charge in [0.05, 0.1) is 5.56 Å². The van der Waals surface area contributed by atoms with Crippen molar-refractivity contribution in [2.45, 2.75) is 19.6 Å². The first-order chi connectivity index (χ1) is 6.92. The minimum atomic E-state index is -1.38. The molecule has 1 rings (SSSR count). The van der Waals surface area contributed by atoms with E-state index in [9.17, 15) is 0 Å². The molecule has 0 atom stereocenters. The Morgan fingerprint density at radius 3 is 2.60 bits per heavy atom. The third kappa shape index (κ3) is 3.45. The van der Waals surface area contributed by atoms with Gasteiger partial charge in [-0.3, -0.25) is 0 Å². The van der Waals surface area contributed by atoms with Crippen molar-refractivity contribution in [3.05, 3.63) is 23.4 Å². The van der Waals surface area contributed by atoms with Crippen LogP contribution < -0.4 is 5.73 Å². The zero-order valence-corrected chi connectivity index (χ0v) is 10.1. The highest BCUT2D eigenvalue weighted by molar-refractivity contribution is 6.83. The number of hydrogen-bond acceptors (Lipinski definition) is 3. The van der Waals surface area contributed by atoms with Crippen LogP contribution in [-0.2, 0) is 0 Å². The molecule has 76 valence electrons. The molecule has 1 heterocycles. The van der Waals surface area contributed by atoms with E-state index in [2.05, 4.69) is 36.1 Å². The normalized spacial score (nSPS) is 10.0. The fraction of sp³-hybridized carbons (Fsp3) is 0.273. The zero-order valence-electron chi connectivity index (χ0n) is 9.13. The fourth-order valence-electron chi connectivity index (χ4n) is 0.893. The van der Waals surface area contributed by atoms with Crippen molar-refractivity contribution in [2.24, 2.45) is 0 Å². The number of aromatic nitrogens is 1. The van der Waals surface area contributed by atoms with Crippen LogP contribution >= 0.6 is 0 Å². The Balaban J connectivity index is 3.08. The Morgan fingerprint density at radius 2 is 2.07 bits per heavy atom. The first-order valence-electron chi connectivity index (χ1n) is 4.61. The molecule has 0 aliphatic carbocycles. The lowest BCUT2D eigenvalue weighted by Gasteiger charge is -2.03. The van der Waals surface area contributed by atoms with Crippen molar-refractivity contribution in [2.75, 3.05) is 5.73 Å². The average molecular weight is 215 g/mol. The predicted octanol–water partition coefficient (Wildman–Crippen LogP) is 1.76. The van der Waals surface area contributed by atoms with Crippen LogP contribution in [0.3, 0.4) is 0 Å². The number of pyridine rings is 1.